The SMILES string of the molecule is Cc1cc(C)cc(NCCC(=O)N[C@H](C)c2cccc(Br)c2)c1. The predicted molar refractivity (Wildman–Crippen MR) is 99.7 cm³/mol. The van der Waals surface area contributed by atoms with Gasteiger partial charge in [-0.15, -0.1) is 0 Å². The van der Waals surface area contributed by atoms with Gasteiger partial charge in [0.15, 0.2) is 0 Å². The van der Waals surface area contributed by atoms with E-state index in [0.29, 0.717) is 13.0 Å². The number of hydrogen-bond acceptors (Lipinski definition) is 2. The lowest BCUT2D eigenvalue weighted by Gasteiger charge is -2.15. The minimum Gasteiger partial charge on any atom is -0.385 e. The molecule has 1 atom stereocenters. The smallest absolute Gasteiger partial charge is 0.222 e. The van der Waals surface area contributed by atoms with E-state index in [9.17, 15) is 4.79 Å². The van der Waals surface area contributed by atoms with Crippen LogP contribution in [0.4, 0.5) is 5.69 Å². The Hall–Kier alpha value is -1.81. The highest BCUT2D eigenvalue weighted by atomic mass is 79.9. The lowest BCUT2D eigenvalue weighted by Crippen LogP contribution is -2.28. The van der Waals surface area contributed by atoms with Crippen molar-refractivity contribution in [1.29, 1.82) is 0 Å². The van der Waals surface area contributed by atoms with Gasteiger partial charge in [0.25, 0.3) is 0 Å². The summed E-state index contributed by atoms with van der Waals surface area (Å²) in [6.07, 6.45) is 0.450. The van der Waals surface area contributed by atoms with Gasteiger partial charge in [-0.1, -0.05) is 34.1 Å². The Balaban J connectivity index is 1.81. The first-order valence-electron chi connectivity index (χ1n) is 7.81. The van der Waals surface area contributed by atoms with Crippen molar-refractivity contribution in [1.82, 2.24) is 5.32 Å². The molecular weight excluding hydrogens is 352 g/mol. The number of rotatable bonds is 6. The molecule has 1 amide bonds. The number of carbonyl (C=O) groups excluding carboxylic acids is 1. The van der Waals surface area contributed by atoms with Crippen molar-refractivity contribution in [2.24, 2.45) is 0 Å². The molecule has 0 aromatic heterocycles. The Morgan fingerprint density at radius 1 is 1.13 bits per heavy atom. The highest BCUT2D eigenvalue weighted by molar-refractivity contribution is 9.10. The lowest BCUT2D eigenvalue weighted by atomic mass is 10.1. The summed E-state index contributed by atoms with van der Waals surface area (Å²) in [6, 6.07) is 14.3. The third kappa shape index (κ3) is 5.71. The molecule has 0 radical (unpaired) electrons. The number of hydrogen-bond donors (Lipinski definition) is 2. The molecule has 0 bridgehead atoms. The number of aryl methyl sites for hydroxylation is 2. The second kappa shape index (κ2) is 8.16. The molecule has 0 aliphatic carbocycles. The Labute approximate surface area is 146 Å². The van der Waals surface area contributed by atoms with Crippen molar-refractivity contribution in [2.45, 2.75) is 33.2 Å². The maximum Gasteiger partial charge on any atom is 0.222 e. The van der Waals surface area contributed by atoms with Gasteiger partial charge in [-0.25, -0.2) is 0 Å². The van der Waals surface area contributed by atoms with Crippen LogP contribution in [0.3, 0.4) is 0 Å². The molecule has 0 spiro atoms. The summed E-state index contributed by atoms with van der Waals surface area (Å²) in [5, 5.41) is 6.34. The van der Waals surface area contributed by atoms with Crippen LogP contribution in [0.5, 0.6) is 0 Å². The zero-order valence-electron chi connectivity index (χ0n) is 13.8. The van der Waals surface area contributed by atoms with Crippen molar-refractivity contribution < 1.29 is 4.79 Å². The summed E-state index contributed by atoms with van der Waals surface area (Å²) in [5.41, 5.74) is 4.60. The normalized spacial score (nSPS) is 11.8. The molecule has 2 aromatic rings. The van der Waals surface area contributed by atoms with Crippen LogP contribution < -0.4 is 10.6 Å². The van der Waals surface area contributed by atoms with Crippen molar-refractivity contribution in [3.8, 4) is 0 Å². The Bertz CT molecular complexity index is 665. The summed E-state index contributed by atoms with van der Waals surface area (Å²) in [7, 11) is 0. The highest BCUT2D eigenvalue weighted by Gasteiger charge is 2.09. The minimum absolute atomic E-state index is 0.00112. The fraction of sp³-hybridized carbons (Fsp3) is 0.316. The molecule has 2 aromatic carbocycles. The van der Waals surface area contributed by atoms with E-state index in [4.69, 9.17) is 0 Å². The van der Waals surface area contributed by atoms with E-state index in [1.165, 1.54) is 11.1 Å². The van der Waals surface area contributed by atoms with Crippen LogP contribution in [0.25, 0.3) is 0 Å². The number of anilines is 1. The first-order valence-corrected chi connectivity index (χ1v) is 8.60. The third-order valence-electron chi connectivity index (χ3n) is 3.63. The average Bonchev–Trinajstić information content (AvgIpc) is 2.46. The zero-order valence-corrected chi connectivity index (χ0v) is 15.4. The quantitative estimate of drug-likeness (QED) is 0.765. The average molecular weight is 375 g/mol. The van der Waals surface area contributed by atoms with Gasteiger partial charge < -0.3 is 10.6 Å². The van der Waals surface area contributed by atoms with Crippen LogP contribution >= 0.6 is 15.9 Å². The van der Waals surface area contributed by atoms with Crippen molar-refractivity contribution in [2.75, 3.05) is 11.9 Å². The van der Waals surface area contributed by atoms with Crippen molar-refractivity contribution >= 4 is 27.5 Å². The summed E-state index contributed by atoms with van der Waals surface area (Å²) < 4.78 is 1.02. The van der Waals surface area contributed by atoms with Crippen LogP contribution in [-0.4, -0.2) is 12.5 Å². The van der Waals surface area contributed by atoms with Crippen LogP contribution in [0.2, 0.25) is 0 Å². The molecule has 2 rings (SSSR count). The monoisotopic (exact) mass is 374 g/mol. The molecule has 0 saturated carbocycles. The minimum atomic E-state index is 0.00112. The summed E-state index contributed by atoms with van der Waals surface area (Å²) in [6.45, 7) is 6.77. The number of amides is 1. The van der Waals surface area contributed by atoms with Crippen molar-refractivity contribution in [3.63, 3.8) is 0 Å². The van der Waals surface area contributed by atoms with E-state index < -0.39 is 0 Å². The predicted octanol–water partition coefficient (Wildman–Crippen LogP) is 4.75. The molecule has 23 heavy (non-hydrogen) atoms. The molecule has 0 aliphatic rings. The van der Waals surface area contributed by atoms with Crippen LogP contribution in [0.15, 0.2) is 46.9 Å². The molecule has 122 valence electrons. The number of benzene rings is 2. The number of nitrogens with one attached hydrogen (secondary N) is 2. The maximum absolute atomic E-state index is 12.1. The van der Waals surface area contributed by atoms with E-state index >= 15 is 0 Å². The zero-order chi connectivity index (χ0) is 16.8. The van der Waals surface area contributed by atoms with E-state index in [1.807, 2.05) is 31.2 Å². The highest BCUT2D eigenvalue weighted by Crippen LogP contribution is 2.18. The molecule has 0 fully saturated rings. The van der Waals surface area contributed by atoms with Gasteiger partial charge in [0, 0.05) is 23.1 Å². The Morgan fingerprint density at radius 3 is 2.48 bits per heavy atom. The van der Waals surface area contributed by atoms with E-state index in [0.717, 1.165) is 15.7 Å². The largest absolute Gasteiger partial charge is 0.385 e. The molecule has 0 aliphatic heterocycles. The van der Waals surface area contributed by atoms with Gasteiger partial charge in [0.05, 0.1) is 6.04 Å². The second-order valence-corrected chi connectivity index (χ2v) is 6.81. The first-order chi connectivity index (χ1) is 10.9. The molecular formula is C19H23BrN2O. The molecule has 0 unspecified atom stereocenters. The third-order valence-corrected chi connectivity index (χ3v) is 4.12. The second-order valence-electron chi connectivity index (χ2n) is 5.90. The Morgan fingerprint density at radius 2 is 1.83 bits per heavy atom. The van der Waals surface area contributed by atoms with E-state index in [1.54, 1.807) is 0 Å². The standard InChI is InChI=1S/C19H23BrN2O/c1-13-9-14(2)11-18(10-13)21-8-7-19(23)22-15(3)16-5-4-6-17(20)12-16/h4-6,9-12,15,21H,7-8H2,1-3H3,(H,22,23)/t15-/m1/s1. The summed E-state index contributed by atoms with van der Waals surface area (Å²) in [5.74, 6) is 0.0503. The fourth-order valence-electron chi connectivity index (χ4n) is 2.57. The summed E-state index contributed by atoms with van der Waals surface area (Å²) in [4.78, 5) is 12.1. The van der Waals surface area contributed by atoms with E-state index in [-0.39, 0.29) is 11.9 Å². The molecule has 0 heterocycles. The van der Waals surface area contributed by atoms with Gasteiger partial charge in [-0.3, -0.25) is 4.79 Å². The lowest BCUT2D eigenvalue weighted by molar-refractivity contribution is -0.121. The number of halogens is 1. The molecule has 4 heteroatoms. The molecule has 2 N–H and O–H groups in total. The topological polar surface area (TPSA) is 41.1 Å². The van der Waals surface area contributed by atoms with Crippen molar-refractivity contribution in [3.05, 3.63) is 63.6 Å². The van der Waals surface area contributed by atoms with E-state index in [2.05, 4.69) is 58.6 Å². The van der Waals surface area contributed by atoms with Crippen LogP contribution in [0.1, 0.15) is 36.1 Å². The van der Waals surface area contributed by atoms with Crippen LogP contribution in [-0.2, 0) is 4.79 Å². The van der Waals surface area contributed by atoms with Gasteiger partial charge in [-0.2, -0.15) is 0 Å². The Kier molecular flexibility index (Phi) is 6.22. The van der Waals surface area contributed by atoms with Gasteiger partial charge in [0.2, 0.25) is 5.91 Å². The van der Waals surface area contributed by atoms with Gasteiger partial charge in [-0.05, 0) is 61.7 Å². The van der Waals surface area contributed by atoms with Gasteiger partial charge in [0.1, 0.15) is 0 Å². The van der Waals surface area contributed by atoms with Crippen LogP contribution in [0, 0.1) is 13.8 Å². The first kappa shape index (κ1) is 17.5. The van der Waals surface area contributed by atoms with Gasteiger partial charge >= 0.3 is 0 Å². The number of carbonyl (C=O) groups is 1. The maximum atomic E-state index is 12.1. The summed E-state index contributed by atoms with van der Waals surface area (Å²) >= 11 is 3.45. The molecule has 3 nitrogen and oxygen atoms in total. The fourth-order valence-corrected chi connectivity index (χ4v) is 2.99. The molecule has 0 saturated heterocycles.